The number of thioether (sulfide) groups is 2. The first-order valence-corrected chi connectivity index (χ1v) is 9.00. The third-order valence-electron chi connectivity index (χ3n) is 3.29. The van der Waals surface area contributed by atoms with Crippen LogP contribution in [0.5, 0.6) is 0 Å². The normalized spacial score (nSPS) is 14.3. The fraction of sp³-hybridized carbons (Fsp3) is 0.214. The minimum Gasteiger partial charge on any atom is -0.267 e. The summed E-state index contributed by atoms with van der Waals surface area (Å²) < 4.78 is 38.6. The van der Waals surface area contributed by atoms with E-state index in [-0.39, 0.29) is 10.6 Å². The van der Waals surface area contributed by atoms with Gasteiger partial charge in [-0.15, -0.1) is 0 Å². The third kappa shape index (κ3) is 3.96. The van der Waals surface area contributed by atoms with Crippen molar-refractivity contribution in [2.24, 2.45) is 5.10 Å². The summed E-state index contributed by atoms with van der Waals surface area (Å²) in [5, 5.41) is 12.0. The van der Waals surface area contributed by atoms with Crippen LogP contribution in [0.2, 0.25) is 5.02 Å². The van der Waals surface area contributed by atoms with E-state index in [1.165, 1.54) is 40.8 Å². The van der Waals surface area contributed by atoms with Gasteiger partial charge in [-0.05, 0) is 17.7 Å². The van der Waals surface area contributed by atoms with Gasteiger partial charge in [-0.25, -0.2) is 5.10 Å². The van der Waals surface area contributed by atoms with Crippen LogP contribution in [0.1, 0.15) is 11.1 Å². The Kier molecular flexibility index (Phi) is 5.03. The van der Waals surface area contributed by atoms with Crippen molar-refractivity contribution < 1.29 is 13.2 Å². The Bertz CT molecular complexity index is 900. The van der Waals surface area contributed by atoms with Crippen molar-refractivity contribution in [1.82, 2.24) is 10.2 Å². The van der Waals surface area contributed by atoms with E-state index in [1.807, 2.05) is 0 Å². The highest BCUT2D eigenvalue weighted by Crippen LogP contribution is 2.38. The lowest BCUT2D eigenvalue weighted by molar-refractivity contribution is -0.137. The molecule has 0 radical (unpaired) electrons. The van der Waals surface area contributed by atoms with Crippen LogP contribution in [0.3, 0.4) is 0 Å². The van der Waals surface area contributed by atoms with E-state index < -0.39 is 11.7 Å². The van der Waals surface area contributed by atoms with Gasteiger partial charge in [-0.3, -0.25) is 9.80 Å². The Balaban J connectivity index is 1.75. The fourth-order valence-corrected chi connectivity index (χ4v) is 4.50. The van der Waals surface area contributed by atoms with Crippen LogP contribution in [0.25, 0.3) is 0 Å². The molecule has 0 unspecified atom stereocenters. The number of benzene rings is 1. The zero-order chi connectivity index (χ0) is 18.2. The van der Waals surface area contributed by atoms with E-state index in [0.717, 1.165) is 12.1 Å². The summed E-state index contributed by atoms with van der Waals surface area (Å²) in [6, 6.07) is 3.25. The number of hydrogen-bond donors (Lipinski definition) is 1. The first-order chi connectivity index (χ1) is 11.8. The molecule has 0 saturated heterocycles. The highest BCUT2D eigenvalue weighted by atomic mass is 35.5. The number of nitrogens with zero attached hydrogens (tertiary/aromatic N) is 3. The van der Waals surface area contributed by atoms with Crippen molar-refractivity contribution >= 4 is 45.2 Å². The maximum atomic E-state index is 12.7. The molecule has 5 nitrogen and oxygen atoms in total. The molecule has 1 N–H and O–H groups in total. The van der Waals surface area contributed by atoms with Gasteiger partial charge in [0.05, 0.1) is 17.4 Å². The van der Waals surface area contributed by atoms with E-state index in [2.05, 4.69) is 15.3 Å². The second kappa shape index (κ2) is 6.93. The van der Waals surface area contributed by atoms with Crippen LogP contribution in [-0.2, 0) is 11.9 Å². The van der Waals surface area contributed by atoms with Crippen molar-refractivity contribution in [2.45, 2.75) is 16.8 Å². The number of aromatic amines is 1. The Hall–Kier alpha value is -1.65. The van der Waals surface area contributed by atoms with Crippen molar-refractivity contribution in [1.29, 1.82) is 0 Å². The molecule has 0 aliphatic carbocycles. The number of rotatable bonds is 2. The van der Waals surface area contributed by atoms with Gasteiger partial charge in [0.1, 0.15) is 4.90 Å². The third-order valence-corrected chi connectivity index (χ3v) is 5.89. The lowest BCUT2D eigenvalue weighted by Crippen LogP contribution is -2.22. The topological polar surface area (TPSA) is 61.4 Å². The second-order valence-electron chi connectivity index (χ2n) is 5.00. The summed E-state index contributed by atoms with van der Waals surface area (Å²) in [6.45, 7) is 0. The number of anilines is 1. The van der Waals surface area contributed by atoms with Gasteiger partial charge in [-0.1, -0.05) is 41.2 Å². The standard InChI is InChI=1S/C14H10ClF3N4OS2/c1-22-10-5-19-20-12(23)11(10)25-13(21-22)24-6-7-2-3-8(4-9(7)15)14(16,17)18/h2-5H,6H2,1H3,(H,20,23). The van der Waals surface area contributed by atoms with E-state index >= 15 is 0 Å². The largest absolute Gasteiger partial charge is 0.416 e. The molecular formula is C14H10ClF3N4OS2. The molecule has 0 amide bonds. The lowest BCUT2D eigenvalue weighted by Gasteiger charge is -2.22. The molecule has 1 aromatic heterocycles. The van der Waals surface area contributed by atoms with E-state index in [4.69, 9.17) is 11.6 Å². The van der Waals surface area contributed by atoms with E-state index in [9.17, 15) is 18.0 Å². The number of aromatic nitrogens is 2. The molecule has 1 aliphatic rings. The number of halogens is 4. The van der Waals surface area contributed by atoms with Gasteiger partial charge in [0.25, 0.3) is 5.56 Å². The highest BCUT2D eigenvalue weighted by Gasteiger charge is 2.31. The maximum Gasteiger partial charge on any atom is 0.416 e. The Labute approximate surface area is 153 Å². The molecule has 0 spiro atoms. The van der Waals surface area contributed by atoms with Gasteiger partial charge < -0.3 is 0 Å². The van der Waals surface area contributed by atoms with Gasteiger partial charge in [0.15, 0.2) is 4.38 Å². The summed E-state index contributed by atoms with van der Waals surface area (Å²) in [4.78, 5) is 12.3. The van der Waals surface area contributed by atoms with Crippen LogP contribution < -0.4 is 10.6 Å². The van der Waals surface area contributed by atoms with Crippen LogP contribution in [-0.4, -0.2) is 21.6 Å². The Morgan fingerprint density at radius 3 is 2.84 bits per heavy atom. The molecule has 1 aromatic carbocycles. The number of H-pyrrole nitrogens is 1. The molecule has 0 atom stereocenters. The van der Waals surface area contributed by atoms with Crippen molar-refractivity contribution in [3.8, 4) is 0 Å². The smallest absolute Gasteiger partial charge is 0.267 e. The Morgan fingerprint density at radius 2 is 2.16 bits per heavy atom. The van der Waals surface area contributed by atoms with E-state index in [0.29, 0.717) is 26.3 Å². The van der Waals surface area contributed by atoms with Gasteiger partial charge in [0.2, 0.25) is 0 Å². The van der Waals surface area contributed by atoms with E-state index in [1.54, 1.807) is 7.05 Å². The van der Waals surface area contributed by atoms with Crippen LogP contribution in [0.4, 0.5) is 18.9 Å². The van der Waals surface area contributed by atoms with Crippen LogP contribution >= 0.6 is 35.1 Å². The maximum absolute atomic E-state index is 12.7. The SMILES string of the molecule is CN1N=C(SCc2ccc(C(F)(F)F)cc2Cl)Sc2c1cn[nH]c2=O. The average Bonchev–Trinajstić information content (AvgIpc) is 2.54. The molecule has 11 heteroatoms. The first-order valence-electron chi connectivity index (χ1n) is 6.82. The molecule has 0 saturated carbocycles. The van der Waals surface area contributed by atoms with Crippen LogP contribution in [0, 0.1) is 0 Å². The van der Waals surface area contributed by atoms with Gasteiger partial charge in [0, 0.05) is 17.8 Å². The molecule has 0 fully saturated rings. The number of nitrogens with one attached hydrogen (secondary N) is 1. The number of fused-ring (bicyclic) bond motifs is 1. The molecule has 0 bridgehead atoms. The summed E-state index contributed by atoms with van der Waals surface area (Å²) in [7, 11) is 1.69. The number of alkyl halides is 3. The molecule has 25 heavy (non-hydrogen) atoms. The summed E-state index contributed by atoms with van der Waals surface area (Å²) in [5.74, 6) is 0.328. The highest BCUT2D eigenvalue weighted by molar-refractivity contribution is 8.38. The molecule has 132 valence electrons. The molecule has 1 aliphatic heterocycles. The fourth-order valence-electron chi connectivity index (χ4n) is 2.03. The quantitative estimate of drug-likeness (QED) is 0.810. The number of hydrogen-bond acceptors (Lipinski definition) is 6. The monoisotopic (exact) mass is 406 g/mol. The summed E-state index contributed by atoms with van der Waals surface area (Å²) in [6.07, 6.45) is -2.93. The molecule has 2 aromatic rings. The first kappa shape index (κ1) is 18.2. The number of hydrazone groups is 1. The minimum absolute atomic E-state index is 0.0412. The predicted octanol–water partition coefficient (Wildman–Crippen LogP) is 4.19. The zero-order valence-electron chi connectivity index (χ0n) is 12.6. The average molecular weight is 407 g/mol. The van der Waals surface area contributed by atoms with Crippen LogP contribution in [0.15, 0.2) is 39.2 Å². The van der Waals surface area contributed by atoms with Crippen molar-refractivity contribution in [3.05, 3.63) is 50.9 Å². The lowest BCUT2D eigenvalue weighted by atomic mass is 10.1. The zero-order valence-corrected chi connectivity index (χ0v) is 15.0. The second-order valence-corrected chi connectivity index (χ2v) is 7.63. The summed E-state index contributed by atoms with van der Waals surface area (Å²) >= 11 is 8.43. The van der Waals surface area contributed by atoms with Crippen molar-refractivity contribution in [2.75, 3.05) is 12.1 Å². The Morgan fingerprint density at radius 1 is 1.40 bits per heavy atom. The predicted molar refractivity (Wildman–Crippen MR) is 94.3 cm³/mol. The van der Waals surface area contributed by atoms with Gasteiger partial charge >= 0.3 is 6.18 Å². The molecular weight excluding hydrogens is 397 g/mol. The molecule has 2 heterocycles. The molecule has 3 rings (SSSR count). The summed E-state index contributed by atoms with van der Waals surface area (Å²) in [5.41, 5.74) is 0.0314. The minimum atomic E-state index is -4.43. The van der Waals surface area contributed by atoms with Crippen molar-refractivity contribution in [3.63, 3.8) is 0 Å². The van der Waals surface area contributed by atoms with Gasteiger partial charge in [-0.2, -0.15) is 23.4 Å².